The van der Waals surface area contributed by atoms with Gasteiger partial charge in [0.15, 0.2) is 0 Å². The molecule has 0 unspecified atom stereocenters. The van der Waals surface area contributed by atoms with Crippen LogP contribution in [0.2, 0.25) is 0 Å². The molecule has 0 atom stereocenters. The molecule has 1 aromatic heterocycles. The van der Waals surface area contributed by atoms with E-state index < -0.39 is 0 Å². The van der Waals surface area contributed by atoms with Gasteiger partial charge in [-0.15, -0.1) is 36.2 Å². The summed E-state index contributed by atoms with van der Waals surface area (Å²) < 4.78 is 14.6. The lowest BCUT2D eigenvalue weighted by atomic mass is 9.99. The van der Waals surface area contributed by atoms with Crippen molar-refractivity contribution >= 4 is 47.7 Å². The maximum atomic E-state index is 14.6. The van der Waals surface area contributed by atoms with Crippen molar-refractivity contribution in [3.05, 3.63) is 51.0 Å². The number of halogens is 3. The summed E-state index contributed by atoms with van der Waals surface area (Å²) in [6.07, 6.45) is 0.649. The Kier molecular flexibility index (Phi) is 8.31. The highest BCUT2D eigenvalue weighted by molar-refractivity contribution is 7.12. The lowest BCUT2D eigenvalue weighted by Gasteiger charge is -2.19. The predicted octanol–water partition coefficient (Wildman–Crippen LogP) is 3.69. The Labute approximate surface area is 163 Å². The summed E-state index contributed by atoms with van der Waals surface area (Å²) in [5, 5.41) is 7.84. The highest BCUT2D eigenvalue weighted by Crippen LogP contribution is 2.26. The van der Waals surface area contributed by atoms with Crippen LogP contribution in [0.25, 0.3) is 0 Å². The van der Waals surface area contributed by atoms with Gasteiger partial charge in [0.2, 0.25) is 0 Å². The van der Waals surface area contributed by atoms with Gasteiger partial charge in [0.25, 0.3) is 5.91 Å². The topological polar surface area (TPSA) is 44.4 Å². The van der Waals surface area contributed by atoms with Crippen LogP contribution in [-0.4, -0.2) is 31.4 Å². The number of nitrogens with one attached hydrogen (secondary N) is 2. The molecule has 2 aromatic rings. The Hall–Kier alpha value is -1.18. The Balaban J connectivity index is 0.00000156. The summed E-state index contributed by atoms with van der Waals surface area (Å²) in [4.78, 5) is 15.1. The van der Waals surface area contributed by atoms with Crippen LogP contribution in [0.3, 0.4) is 0 Å². The van der Waals surface area contributed by atoms with Crippen molar-refractivity contribution in [3.63, 3.8) is 0 Å². The summed E-state index contributed by atoms with van der Waals surface area (Å²) in [5.41, 5.74) is 2.90. The molecule has 25 heavy (non-hydrogen) atoms. The van der Waals surface area contributed by atoms with Gasteiger partial charge in [0.05, 0.1) is 10.6 Å². The number of rotatable bonds is 4. The lowest BCUT2D eigenvalue weighted by molar-refractivity contribution is 0.102. The minimum absolute atomic E-state index is 0. The Morgan fingerprint density at radius 3 is 2.80 bits per heavy atom. The predicted molar refractivity (Wildman–Crippen MR) is 106 cm³/mol. The third kappa shape index (κ3) is 4.92. The second kappa shape index (κ2) is 9.50. The van der Waals surface area contributed by atoms with E-state index in [0.29, 0.717) is 30.0 Å². The number of carbonyl (C=O) groups is 1. The number of nitrogens with zero attached hydrogens (tertiary/aromatic N) is 1. The average molecular weight is 406 g/mol. The highest BCUT2D eigenvalue weighted by atomic mass is 35.5. The minimum atomic E-state index is -0.303. The molecule has 3 rings (SSSR count). The maximum Gasteiger partial charge on any atom is 0.266 e. The molecule has 0 spiro atoms. The van der Waals surface area contributed by atoms with Gasteiger partial charge >= 0.3 is 0 Å². The van der Waals surface area contributed by atoms with E-state index in [9.17, 15) is 9.18 Å². The number of fused-ring (bicyclic) bond motifs is 1. The molecule has 8 heteroatoms. The fourth-order valence-corrected chi connectivity index (χ4v) is 3.62. The van der Waals surface area contributed by atoms with Crippen LogP contribution in [0.5, 0.6) is 0 Å². The zero-order chi connectivity index (χ0) is 16.4. The zero-order valence-electron chi connectivity index (χ0n) is 14.1. The van der Waals surface area contributed by atoms with Crippen molar-refractivity contribution in [2.24, 2.45) is 0 Å². The van der Waals surface area contributed by atoms with Gasteiger partial charge in [-0.25, -0.2) is 4.39 Å². The van der Waals surface area contributed by atoms with Gasteiger partial charge in [0, 0.05) is 13.1 Å². The molecule has 0 radical (unpaired) electrons. The van der Waals surface area contributed by atoms with Crippen LogP contribution >= 0.6 is 36.2 Å². The summed E-state index contributed by atoms with van der Waals surface area (Å²) >= 11 is 1.38. The van der Waals surface area contributed by atoms with Crippen molar-refractivity contribution in [2.45, 2.75) is 19.5 Å². The molecule has 2 heterocycles. The van der Waals surface area contributed by atoms with Crippen LogP contribution in [0.1, 0.15) is 26.4 Å². The number of hydrogen-bond acceptors (Lipinski definition) is 4. The molecule has 0 bridgehead atoms. The molecule has 1 aliphatic heterocycles. The number of thiophene rings is 1. The van der Waals surface area contributed by atoms with Gasteiger partial charge in [-0.1, -0.05) is 6.07 Å². The number of benzene rings is 1. The van der Waals surface area contributed by atoms with Crippen molar-refractivity contribution in [3.8, 4) is 0 Å². The van der Waals surface area contributed by atoms with Gasteiger partial charge in [-0.3, -0.25) is 4.79 Å². The molecule has 0 saturated carbocycles. The molecule has 1 aliphatic rings. The SMILES string of the molecule is CN(C)Cc1ccsc1C(=O)Nc1ccc2c(c1F)CCNC2.Cl.Cl. The van der Waals surface area contributed by atoms with Crippen LogP contribution in [0.4, 0.5) is 10.1 Å². The number of carbonyl (C=O) groups excluding carboxylic acids is 1. The first-order valence-corrected chi connectivity index (χ1v) is 8.47. The van der Waals surface area contributed by atoms with Gasteiger partial charge in [-0.05, 0) is 61.3 Å². The summed E-state index contributed by atoms with van der Waals surface area (Å²) in [6.45, 7) is 2.13. The quantitative estimate of drug-likeness (QED) is 0.814. The summed E-state index contributed by atoms with van der Waals surface area (Å²) in [7, 11) is 3.91. The molecule has 0 saturated heterocycles. The molecule has 0 aliphatic carbocycles. The van der Waals surface area contributed by atoms with E-state index in [2.05, 4.69) is 10.6 Å². The molecule has 0 fully saturated rings. The highest BCUT2D eigenvalue weighted by Gasteiger charge is 2.19. The number of anilines is 1. The van der Waals surface area contributed by atoms with Gasteiger partial charge in [-0.2, -0.15) is 0 Å². The Morgan fingerprint density at radius 1 is 1.32 bits per heavy atom. The van der Waals surface area contributed by atoms with E-state index in [1.54, 1.807) is 6.07 Å². The van der Waals surface area contributed by atoms with E-state index in [1.165, 1.54) is 11.3 Å². The van der Waals surface area contributed by atoms with E-state index in [0.717, 1.165) is 17.7 Å². The van der Waals surface area contributed by atoms with E-state index in [4.69, 9.17) is 0 Å². The lowest BCUT2D eigenvalue weighted by Crippen LogP contribution is -2.25. The molecular formula is C17H22Cl2FN3OS. The van der Waals surface area contributed by atoms with Crippen molar-refractivity contribution in [1.82, 2.24) is 10.2 Å². The third-order valence-electron chi connectivity index (χ3n) is 3.90. The standard InChI is InChI=1S/C17H20FN3OS.2ClH/c1-21(2)10-12-6-8-23-16(12)17(22)20-14-4-3-11-9-19-7-5-13(11)15(14)18;;/h3-4,6,8,19H,5,7,9-10H2,1-2H3,(H,20,22);2*1H. The monoisotopic (exact) mass is 405 g/mol. The van der Waals surface area contributed by atoms with E-state index in [-0.39, 0.29) is 42.2 Å². The van der Waals surface area contributed by atoms with E-state index >= 15 is 0 Å². The second-order valence-corrected chi connectivity index (χ2v) is 6.87. The number of amides is 1. The minimum Gasteiger partial charge on any atom is -0.319 e. The zero-order valence-corrected chi connectivity index (χ0v) is 16.5. The molecule has 4 nitrogen and oxygen atoms in total. The first-order chi connectivity index (χ1) is 11.1. The molecular weight excluding hydrogens is 384 g/mol. The Bertz CT molecular complexity index is 737. The fraction of sp³-hybridized carbons (Fsp3) is 0.353. The normalized spacial score (nSPS) is 12.8. The summed E-state index contributed by atoms with van der Waals surface area (Å²) in [5.74, 6) is -0.548. The van der Waals surface area contributed by atoms with Crippen LogP contribution in [-0.2, 0) is 19.5 Å². The van der Waals surface area contributed by atoms with Crippen LogP contribution in [0.15, 0.2) is 23.6 Å². The Morgan fingerprint density at radius 2 is 2.08 bits per heavy atom. The molecule has 1 aromatic carbocycles. The number of hydrogen-bond donors (Lipinski definition) is 2. The maximum absolute atomic E-state index is 14.6. The first-order valence-electron chi connectivity index (χ1n) is 7.59. The molecule has 138 valence electrons. The largest absolute Gasteiger partial charge is 0.319 e. The summed E-state index contributed by atoms with van der Waals surface area (Å²) in [6, 6.07) is 5.47. The smallest absolute Gasteiger partial charge is 0.266 e. The molecule has 2 N–H and O–H groups in total. The first kappa shape index (κ1) is 21.9. The van der Waals surface area contributed by atoms with Crippen molar-refractivity contribution in [1.29, 1.82) is 0 Å². The van der Waals surface area contributed by atoms with E-state index in [1.807, 2.05) is 36.5 Å². The van der Waals surface area contributed by atoms with Gasteiger partial charge < -0.3 is 15.5 Å². The third-order valence-corrected chi connectivity index (χ3v) is 4.85. The van der Waals surface area contributed by atoms with Crippen LogP contribution in [0, 0.1) is 5.82 Å². The average Bonchev–Trinajstić information content (AvgIpc) is 2.98. The second-order valence-electron chi connectivity index (χ2n) is 5.96. The molecule has 1 amide bonds. The fourth-order valence-electron chi connectivity index (χ4n) is 2.81. The van der Waals surface area contributed by atoms with Crippen molar-refractivity contribution < 1.29 is 9.18 Å². The van der Waals surface area contributed by atoms with Gasteiger partial charge in [0.1, 0.15) is 5.82 Å². The van der Waals surface area contributed by atoms with Crippen molar-refractivity contribution in [2.75, 3.05) is 26.0 Å². The van der Waals surface area contributed by atoms with Crippen LogP contribution < -0.4 is 10.6 Å².